The Labute approximate surface area is 113 Å². The van der Waals surface area contributed by atoms with Gasteiger partial charge < -0.3 is 10.6 Å². The summed E-state index contributed by atoms with van der Waals surface area (Å²) in [5, 5.41) is 5.66. The SMILES string of the molecule is O=C(Nc1cccc(C(F)(F)F)n1)[C@H]1N[C@@H]2CC[C@H]1C2. The second kappa shape index (κ2) is 4.73. The Balaban J connectivity index is 1.70. The van der Waals surface area contributed by atoms with Crippen LogP contribution in [-0.2, 0) is 11.0 Å². The maximum atomic E-state index is 12.5. The van der Waals surface area contributed by atoms with Crippen molar-refractivity contribution in [1.29, 1.82) is 0 Å². The number of anilines is 1. The van der Waals surface area contributed by atoms with Crippen LogP contribution in [0.2, 0.25) is 0 Å². The molecule has 108 valence electrons. The molecule has 1 aliphatic carbocycles. The number of rotatable bonds is 2. The van der Waals surface area contributed by atoms with Crippen LogP contribution in [0, 0.1) is 5.92 Å². The topological polar surface area (TPSA) is 54.0 Å². The van der Waals surface area contributed by atoms with Crippen LogP contribution in [0.25, 0.3) is 0 Å². The molecule has 1 amide bonds. The van der Waals surface area contributed by atoms with Crippen LogP contribution in [0.3, 0.4) is 0 Å². The number of aromatic nitrogens is 1. The van der Waals surface area contributed by atoms with E-state index in [0.29, 0.717) is 6.04 Å². The van der Waals surface area contributed by atoms with Crippen molar-refractivity contribution < 1.29 is 18.0 Å². The Kier molecular flexibility index (Phi) is 3.16. The molecule has 2 bridgehead atoms. The fourth-order valence-electron chi connectivity index (χ4n) is 3.02. The second-order valence-electron chi connectivity index (χ2n) is 5.31. The van der Waals surface area contributed by atoms with Gasteiger partial charge in [0.15, 0.2) is 0 Å². The summed E-state index contributed by atoms with van der Waals surface area (Å²) in [4.78, 5) is 15.5. The molecule has 1 aliphatic heterocycles. The van der Waals surface area contributed by atoms with Crippen molar-refractivity contribution in [2.45, 2.75) is 37.5 Å². The van der Waals surface area contributed by atoms with Crippen molar-refractivity contribution in [2.24, 2.45) is 5.92 Å². The van der Waals surface area contributed by atoms with Crippen molar-refractivity contribution in [1.82, 2.24) is 10.3 Å². The average Bonchev–Trinajstić information content (AvgIpc) is 3.00. The summed E-state index contributed by atoms with van der Waals surface area (Å²) in [5.41, 5.74) is -1.00. The lowest BCUT2D eigenvalue weighted by Crippen LogP contribution is -2.44. The van der Waals surface area contributed by atoms with Crippen LogP contribution in [0.5, 0.6) is 0 Å². The van der Waals surface area contributed by atoms with E-state index in [2.05, 4.69) is 15.6 Å². The van der Waals surface area contributed by atoms with E-state index in [0.717, 1.165) is 25.3 Å². The lowest BCUT2D eigenvalue weighted by molar-refractivity contribution is -0.141. The minimum Gasteiger partial charge on any atom is -0.309 e. The number of nitrogens with zero attached hydrogens (tertiary/aromatic N) is 1. The van der Waals surface area contributed by atoms with Gasteiger partial charge in [0.05, 0.1) is 6.04 Å². The van der Waals surface area contributed by atoms with Crippen LogP contribution < -0.4 is 10.6 Å². The monoisotopic (exact) mass is 285 g/mol. The van der Waals surface area contributed by atoms with Crippen LogP contribution in [0.15, 0.2) is 18.2 Å². The highest BCUT2D eigenvalue weighted by molar-refractivity contribution is 5.94. The first-order chi connectivity index (χ1) is 9.43. The molecule has 3 rings (SSSR count). The first-order valence-corrected chi connectivity index (χ1v) is 6.54. The second-order valence-corrected chi connectivity index (χ2v) is 5.31. The summed E-state index contributed by atoms with van der Waals surface area (Å²) in [5.74, 6) is -0.0794. The average molecular weight is 285 g/mol. The molecule has 2 aliphatic rings. The molecule has 3 atom stereocenters. The fraction of sp³-hybridized carbons (Fsp3) is 0.538. The maximum absolute atomic E-state index is 12.5. The van der Waals surface area contributed by atoms with Gasteiger partial charge in [-0.25, -0.2) is 4.98 Å². The highest BCUT2D eigenvalue weighted by Gasteiger charge is 2.42. The number of carbonyl (C=O) groups excluding carboxylic acids is 1. The third-order valence-corrected chi connectivity index (χ3v) is 3.93. The van der Waals surface area contributed by atoms with Gasteiger partial charge in [-0.2, -0.15) is 13.2 Å². The Hall–Kier alpha value is -1.63. The molecule has 1 aromatic heterocycles. The van der Waals surface area contributed by atoms with E-state index < -0.39 is 11.9 Å². The molecular weight excluding hydrogens is 271 g/mol. The van der Waals surface area contributed by atoms with Crippen molar-refractivity contribution in [3.8, 4) is 0 Å². The van der Waals surface area contributed by atoms with Gasteiger partial charge in [0, 0.05) is 6.04 Å². The van der Waals surface area contributed by atoms with Gasteiger partial charge in [-0.05, 0) is 37.3 Å². The number of amides is 1. The normalized spacial score (nSPS) is 28.6. The number of halogens is 3. The van der Waals surface area contributed by atoms with Gasteiger partial charge in [0.25, 0.3) is 0 Å². The summed E-state index contributed by atoms with van der Waals surface area (Å²) in [7, 11) is 0. The van der Waals surface area contributed by atoms with Gasteiger partial charge in [-0.1, -0.05) is 6.07 Å². The fourth-order valence-corrected chi connectivity index (χ4v) is 3.02. The lowest BCUT2D eigenvalue weighted by Gasteiger charge is -2.22. The molecule has 1 aromatic rings. The van der Waals surface area contributed by atoms with Gasteiger partial charge >= 0.3 is 6.18 Å². The molecule has 1 saturated heterocycles. The standard InChI is InChI=1S/C13H14F3N3O/c14-13(15,16)9-2-1-3-10(18-9)19-12(20)11-7-4-5-8(6-7)17-11/h1-3,7-8,11,17H,4-6H2,(H,18,19,20)/t7-,8+,11-/m0/s1. The zero-order chi connectivity index (χ0) is 14.3. The smallest absolute Gasteiger partial charge is 0.309 e. The largest absolute Gasteiger partial charge is 0.433 e. The van der Waals surface area contributed by atoms with Crippen molar-refractivity contribution in [2.75, 3.05) is 5.32 Å². The molecule has 0 spiro atoms. The third-order valence-electron chi connectivity index (χ3n) is 3.93. The molecule has 0 aromatic carbocycles. The zero-order valence-corrected chi connectivity index (χ0v) is 10.6. The number of hydrogen-bond donors (Lipinski definition) is 2. The predicted molar refractivity (Wildman–Crippen MR) is 65.9 cm³/mol. The maximum Gasteiger partial charge on any atom is 0.433 e. The Morgan fingerprint density at radius 2 is 2.15 bits per heavy atom. The van der Waals surface area contributed by atoms with Gasteiger partial charge in [-0.3, -0.25) is 4.79 Å². The van der Waals surface area contributed by atoms with E-state index in [4.69, 9.17) is 0 Å². The Morgan fingerprint density at radius 1 is 1.35 bits per heavy atom. The minimum atomic E-state index is -4.51. The van der Waals surface area contributed by atoms with Gasteiger partial charge in [-0.15, -0.1) is 0 Å². The van der Waals surface area contributed by atoms with Crippen LogP contribution in [0.1, 0.15) is 25.0 Å². The van der Waals surface area contributed by atoms with E-state index in [-0.39, 0.29) is 23.7 Å². The molecule has 0 radical (unpaired) electrons. The zero-order valence-electron chi connectivity index (χ0n) is 10.6. The molecule has 4 nitrogen and oxygen atoms in total. The molecule has 20 heavy (non-hydrogen) atoms. The first kappa shape index (κ1) is 13.4. The van der Waals surface area contributed by atoms with Crippen molar-refractivity contribution >= 4 is 11.7 Å². The Morgan fingerprint density at radius 3 is 2.75 bits per heavy atom. The van der Waals surface area contributed by atoms with Gasteiger partial charge in [0.2, 0.25) is 5.91 Å². The molecule has 2 heterocycles. The van der Waals surface area contributed by atoms with Crippen molar-refractivity contribution in [3.63, 3.8) is 0 Å². The number of hydrogen-bond acceptors (Lipinski definition) is 3. The van der Waals surface area contributed by atoms with Crippen LogP contribution >= 0.6 is 0 Å². The minimum absolute atomic E-state index is 0.0607. The van der Waals surface area contributed by atoms with Crippen LogP contribution in [0.4, 0.5) is 19.0 Å². The van der Waals surface area contributed by atoms with E-state index in [1.807, 2.05) is 0 Å². The van der Waals surface area contributed by atoms with E-state index in [1.54, 1.807) is 0 Å². The number of fused-ring (bicyclic) bond motifs is 2. The summed E-state index contributed by atoms with van der Waals surface area (Å²) in [6.45, 7) is 0. The highest BCUT2D eigenvalue weighted by Crippen LogP contribution is 2.35. The van der Waals surface area contributed by atoms with E-state index in [1.165, 1.54) is 12.1 Å². The summed E-state index contributed by atoms with van der Waals surface area (Å²) in [6, 6.07) is 3.53. The highest BCUT2D eigenvalue weighted by atomic mass is 19.4. The first-order valence-electron chi connectivity index (χ1n) is 6.54. The molecule has 7 heteroatoms. The lowest BCUT2D eigenvalue weighted by atomic mass is 9.99. The number of nitrogens with one attached hydrogen (secondary N) is 2. The Bertz CT molecular complexity index is 532. The quantitative estimate of drug-likeness (QED) is 0.875. The van der Waals surface area contributed by atoms with E-state index in [9.17, 15) is 18.0 Å². The molecular formula is C13H14F3N3O. The summed E-state index contributed by atoms with van der Waals surface area (Å²) >= 11 is 0. The number of alkyl halides is 3. The van der Waals surface area contributed by atoms with Crippen LogP contribution in [-0.4, -0.2) is 23.0 Å². The summed E-state index contributed by atoms with van der Waals surface area (Å²) in [6.07, 6.45) is -1.48. The van der Waals surface area contributed by atoms with E-state index >= 15 is 0 Å². The van der Waals surface area contributed by atoms with Crippen molar-refractivity contribution in [3.05, 3.63) is 23.9 Å². The molecule has 1 saturated carbocycles. The number of pyridine rings is 1. The summed E-state index contributed by atoms with van der Waals surface area (Å²) < 4.78 is 37.6. The molecule has 2 fully saturated rings. The predicted octanol–water partition coefficient (Wildman–Crippen LogP) is 2.18. The number of carbonyl (C=O) groups is 1. The third kappa shape index (κ3) is 2.49. The molecule has 0 unspecified atom stereocenters. The van der Waals surface area contributed by atoms with Gasteiger partial charge in [0.1, 0.15) is 11.5 Å². The number of piperidine rings is 1. The molecule has 2 N–H and O–H groups in total.